The first-order valence-corrected chi connectivity index (χ1v) is 12.0. The highest BCUT2D eigenvalue weighted by Gasteiger charge is 2.33. The summed E-state index contributed by atoms with van der Waals surface area (Å²) in [6.07, 6.45) is 0.190. The highest BCUT2D eigenvalue weighted by Crippen LogP contribution is 2.31. The van der Waals surface area contributed by atoms with E-state index >= 15 is 4.39 Å². The molecule has 3 aliphatic rings. The summed E-state index contributed by atoms with van der Waals surface area (Å²) in [6.45, 7) is 5.52. The summed E-state index contributed by atoms with van der Waals surface area (Å²) in [5.74, 6) is -0.642. The Morgan fingerprint density at radius 2 is 1.97 bits per heavy atom. The first kappa shape index (κ1) is 24.9. The number of cyclic esters (lactones) is 1. The van der Waals surface area contributed by atoms with E-state index in [1.807, 2.05) is 9.80 Å². The van der Waals surface area contributed by atoms with Gasteiger partial charge in [0, 0.05) is 33.1 Å². The molecule has 4 rings (SSSR count). The second-order valence-corrected chi connectivity index (χ2v) is 9.06. The van der Waals surface area contributed by atoms with Gasteiger partial charge in [-0.05, 0) is 36.6 Å². The average molecular weight is 502 g/mol. The normalized spacial score (nSPS) is 20.4. The number of nitrogens with one attached hydrogen (secondary N) is 1. The second kappa shape index (κ2) is 11.0. The Morgan fingerprint density at radius 1 is 1.26 bits per heavy atom. The van der Waals surface area contributed by atoms with Crippen LogP contribution in [0.1, 0.15) is 19.8 Å². The molecule has 1 aromatic rings. The van der Waals surface area contributed by atoms with E-state index in [-0.39, 0.29) is 19.0 Å². The SMILES string of the molecule is CC(=O)NCC1CN(c2ccc(N3CCC(=C(C#N)C(=S)N4CCOCC4)CC3)c(F)c2)C(=O)O1. The summed E-state index contributed by atoms with van der Waals surface area (Å²) in [4.78, 5) is 29.2. The molecule has 0 radical (unpaired) electrons. The van der Waals surface area contributed by atoms with Crippen molar-refractivity contribution in [2.75, 3.05) is 62.3 Å². The van der Waals surface area contributed by atoms with E-state index in [1.54, 1.807) is 12.1 Å². The monoisotopic (exact) mass is 501 g/mol. The van der Waals surface area contributed by atoms with E-state index < -0.39 is 18.0 Å². The van der Waals surface area contributed by atoms with Crippen LogP contribution in [0.2, 0.25) is 0 Å². The molecule has 1 aromatic carbocycles. The van der Waals surface area contributed by atoms with Gasteiger partial charge < -0.3 is 24.6 Å². The van der Waals surface area contributed by atoms with Crippen LogP contribution in [-0.4, -0.2) is 80.5 Å². The first-order chi connectivity index (χ1) is 16.9. The number of thiocarbonyl (C=S) groups is 1. The smallest absolute Gasteiger partial charge is 0.414 e. The molecule has 2 amide bonds. The largest absolute Gasteiger partial charge is 0.442 e. The number of carbonyl (C=O) groups is 2. The number of hydrogen-bond donors (Lipinski definition) is 1. The standard InChI is InChI=1S/C24H28FN5O4S/c1-16(31)27-14-19-15-30(24(32)34-19)18-2-3-22(21(25)12-18)28-6-4-17(5-7-28)20(13-26)23(35)29-8-10-33-11-9-29/h2-3,12,19H,4-11,14-15H2,1H3,(H,27,31). The molecule has 0 saturated carbocycles. The summed E-state index contributed by atoms with van der Waals surface area (Å²) in [5, 5.41) is 12.4. The van der Waals surface area contributed by atoms with Gasteiger partial charge in [0.1, 0.15) is 23.0 Å². The highest BCUT2D eigenvalue weighted by molar-refractivity contribution is 7.80. The molecular formula is C24H28FN5O4S. The molecule has 0 aliphatic carbocycles. The van der Waals surface area contributed by atoms with Crippen molar-refractivity contribution in [3.8, 4) is 6.07 Å². The Hall–Kier alpha value is -3.23. The van der Waals surface area contributed by atoms with E-state index in [9.17, 15) is 14.9 Å². The van der Waals surface area contributed by atoms with Crippen LogP contribution < -0.4 is 15.1 Å². The van der Waals surface area contributed by atoms with Crippen molar-refractivity contribution >= 4 is 40.6 Å². The number of halogens is 1. The highest BCUT2D eigenvalue weighted by atomic mass is 32.1. The van der Waals surface area contributed by atoms with Crippen molar-refractivity contribution < 1.29 is 23.5 Å². The van der Waals surface area contributed by atoms with Gasteiger partial charge in [0.2, 0.25) is 5.91 Å². The van der Waals surface area contributed by atoms with Crippen LogP contribution in [0.3, 0.4) is 0 Å². The van der Waals surface area contributed by atoms with Crippen LogP contribution in [-0.2, 0) is 14.3 Å². The molecule has 3 heterocycles. The predicted octanol–water partition coefficient (Wildman–Crippen LogP) is 2.37. The molecule has 1 atom stereocenters. The Labute approximate surface area is 209 Å². The third-order valence-corrected chi connectivity index (χ3v) is 6.84. The number of hydrogen-bond acceptors (Lipinski definition) is 7. The van der Waals surface area contributed by atoms with Crippen LogP contribution in [0.5, 0.6) is 0 Å². The number of nitriles is 1. The molecule has 3 fully saturated rings. The maximum Gasteiger partial charge on any atom is 0.414 e. The van der Waals surface area contributed by atoms with Gasteiger partial charge >= 0.3 is 6.09 Å². The van der Waals surface area contributed by atoms with Crippen LogP contribution in [0.15, 0.2) is 29.3 Å². The fraction of sp³-hybridized carbons (Fsp3) is 0.500. The molecule has 1 N–H and O–H groups in total. The lowest BCUT2D eigenvalue weighted by Crippen LogP contribution is -2.41. The van der Waals surface area contributed by atoms with Crippen molar-refractivity contribution in [2.24, 2.45) is 0 Å². The van der Waals surface area contributed by atoms with E-state index in [0.717, 1.165) is 5.57 Å². The fourth-order valence-electron chi connectivity index (χ4n) is 4.49. The van der Waals surface area contributed by atoms with Gasteiger partial charge in [0.25, 0.3) is 0 Å². The zero-order valence-electron chi connectivity index (χ0n) is 19.6. The van der Waals surface area contributed by atoms with Crippen molar-refractivity contribution in [3.63, 3.8) is 0 Å². The van der Waals surface area contributed by atoms with Gasteiger partial charge in [-0.1, -0.05) is 12.2 Å². The van der Waals surface area contributed by atoms with E-state index in [2.05, 4.69) is 11.4 Å². The molecule has 0 bridgehead atoms. The van der Waals surface area contributed by atoms with Gasteiger partial charge in [-0.2, -0.15) is 5.26 Å². The van der Waals surface area contributed by atoms with Gasteiger partial charge in [0.15, 0.2) is 0 Å². The lowest BCUT2D eigenvalue weighted by atomic mass is 9.97. The molecule has 11 heteroatoms. The molecule has 0 spiro atoms. The van der Waals surface area contributed by atoms with Crippen LogP contribution >= 0.6 is 12.2 Å². The number of nitrogens with zero attached hydrogens (tertiary/aromatic N) is 4. The Bertz CT molecular complexity index is 1070. The Balaban J connectivity index is 1.40. The van der Waals surface area contributed by atoms with Crippen LogP contribution in [0, 0.1) is 17.1 Å². The summed E-state index contributed by atoms with van der Waals surface area (Å²) in [5.41, 5.74) is 2.41. The zero-order valence-corrected chi connectivity index (χ0v) is 20.4. The summed E-state index contributed by atoms with van der Waals surface area (Å²) >= 11 is 5.59. The van der Waals surface area contributed by atoms with E-state index in [0.29, 0.717) is 74.2 Å². The minimum absolute atomic E-state index is 0.209. The third kappa shape index (κ3) is 5.71. The zero-order chi connectivity index (χ0) is 24.9. The van der Waals surface area contributed by atoms with Crippen molar-refractivity contribution in [3.05, 3.63) is 35.2 Å². The number of amides is 2. The Kier molecular flexibility index (Phi) is 7.83. The van der Waals surface area contributed by atoms with Crippen molar-refractivity contribution in [1.29, 1.82) is 5.26 Å². The van der Waals surface area contributed by atoms with Gasteiger partial charge in [-0.25, -0.2) is 9.18 Å². The molecule has 0 aromatic heterocycles. The molecule has 35 heavy (non-hydrogen) atoms. The number of morpholine rings is 1. The van der Waals surface area contributed by atoms with E-state index in [1.165, 1.54) is 17.9 Å². The quantitative estimate of drug-likeness (QED) is 0.373. The lowest BCUT2D eigenvalue weighted by Gasteiger charge is -2.33. The van der Waals surface area contributed by atoms with Crippen LogP contribution in [0.4, 0.5) is 20.6 Å². The average Bonchev–Trinajstić information content (AvgIpc) is 3.24. The third-order valence-electron chi connectivity index (χ3n) is 6.38. The number of rotatable bonds is 5. The summed E-state index contributed by atoms with van der Waals surface area (Å²) in [6, 6.07) is 6.98. The lowest BCUT2D eigenvalue weighted by molar-refractivity contribution is -0.119. The van der Waals surface area contributed by atoms with Crippen molar-refractivity contribution in [1.82, 2.24) is 10.2 Å². The minimum atomic E-state index is -0.569. The first-order valence-electron chi connectivity index (χ1n) is 11.6. The maximum absolute atomic E-state index is 15.1. The number of anilines is 2. The topological polar surface area (TPSA) is 98.1 Å². The molecule has 186 valence electrons. The van der Waals surface area contributed by atoms with Crippen LogP contribution in [0.25, 0.3) is 0 Å². The predicted molar refractivity (Wildman–Crippen MR) is 132 cm³/mol. The number of benzene rings is 1. The number of carbonyl (C=O) groups excluding carboxylic acids is 2. The van der Waals surface area contributed by atoms with E-state index in [4.69, 9.17) is 21.7 Å². The van der Waals surface area contributed by atoms with Gasteiger partial charge in [0.05, 0.1) is 43.3 Å². The number of piperidine rings is 1. The molecule has 3 saturated heterocycles. The van der Waals surface area contributed by atoms with Crippen molar-refractivity contribution in [2.45, 2.75) is 25.9 Å². The molecule has 3 aliphatic heterocycles. The molecule has 9 nitrogen and oxygen atoms in total. The number of ether oxygens (including phenoxy) is 2. The van der Waals surface area contributed by atoms with Gasteiger partial charge in [-0.15, -0.1) is 0 Å². The summed E-state index contributed by atoms with van der Waals surface area (Å²) < 4.78 is 25.7. The fourth-order valence-corrected chi connectivity index (χ4v) is 4.86. The second-order valence-electron chi connectivity index (χ2n) is 8.67. The minimum Gasteiger partial charge on any atom is -0.442 e. The molecular weight excluding hydrogens is 473 g/mol. The maximum atomic E-state index is 15.1. The van der Waals surface area contributed by atoms with Gasteiger partial charge in [-0.3, -0.25) is 9.69 Å². The molecule has 1 unspecified atom stereocenters. The summed E-state index contributed by atoms with van der Waals surface area (Å²) in [7, 11) is 0. The Morgan fingerprint density at radius 3 is 2.60 bits per heavy atom.